The van der Waals surface area contributed by atoms with Gasteiger partial charge in [0.2, 0.25) is 0 Å². The van der Waals surface area contributed by atoms with Crippen molar-refractivity contribution in [2.45, 2.75) is 25.3 Å². The van der Waals surface area contributed by atoms with Gasteiger partial charge in [-0.25, -0.2) is 13.6 Å². The Bertz CT molecular complexity index is 1110. The molecule has 0 saturated carbocycles. The molecule has 0 bridgehead atoms. The van der Waals surface area contributed by atoms with Crippen LogP contribution in [0.2, 0.25) is 0 Å². The molecule has 2 N–H and O–H groups in total. The van der Waals surface area contributed by atoms with Crippen LogP contribution in [0.3, 0.4) is 0 Å². The van der Waals surface area contributed by atoms with Crippen LogP contribution in [-0.4, -0.2) is 51.0 Å². The third-order valence-corrected chi connectivity index (χ3v) is 5.93. The van der Waals surface area contributed by atoms with Gasteiger partial charge >= 0.3 is 0 Å². The van der Waals surface area contributed by atoms with Crippen molar-refractivity contribution in [1.82, 2.24) is 9.97 Å². The van der Waals surface area contributed by atoms with Gasteiger partial charge in [0.15, 0.2) is 11.6 Å². The minimum atomic E-state index is -0.456. The molecule has 29 heavy (non-hydrogen) atoms. The molecule has 0 radical (unpaired) electrons. The van der Waals surface area contributed by atoms with Crippen molar-refractivity contribution >= 4 is 33.3 Å². The summed E-state index contributed by atoms with van der Waals surface area (Å²) in [5.74, 6) is 0.226. The number of benzene rings is 2. The van der Waals surface area contributed by atoms with Crippen molar-refractivity contribution in [3.63, 3.8) is 0 Å². The van der Waals surface area contributed by atoms with Crippen LogP contribution in [0.1, 0.15) is 24.8 Å². The van der Waals surface area contributed by atoms with Crippen molar-refractivity contribution in [3.05, 3.63) is 41.7 Å². The lowest BCUT2D eigenvalue weighted by molar-refractivity contribution is 0.254. The molecule has 1 aromatic heterocycles. The number of anilines is 1. The Morgan fingerprint density at radius 3 is 2.97 bits per heavy atom. The zero-order valence-electron chi connectivity index (χ0n) is 16.2. The summed E-state index contributed by atoms with van der Waals surface area (Å²) in [6, 6.07) is 8.75. The first kappa shape index (κ1) is 19.6. The number of nitrogens with one attached hydrogen (secondary N) is 1. The van der Waals surface area contributed by atoms with Crippen LogP contribution in [0.15, 0.2) is 30.3 Å². The molecule has 2 atom stereocenters. The molecule has 2 heterocycles. The van der Waals surface area contributed by atoms with Crippen molar-refractivity contribution in [1.29, 1.82) is 0 Å². The predicted molar refractivity (Wildman–Crippen MR) is 113 cm³/mol. The normalized spacial score (nSPS) is 18.6. The van der Waals surface area contributed by atoms with E-state index in [0.29, 0.717) is 41.1 Å². The Morgan fingerprint density at radius 1 is 1.45 bits per heavy atom. The largest absolute Gasteiger partial charge is 0.494 e. The van der Waals surface area contributed by atoms with Gasteiger partial charge in [-0.2, -0.15) is 0 Å². The first-order valence-electron chi connectivity index (χ1n) is 9.47. The fourth-order valence-electron chi connectivity index (χ4n) is 4.17. The van der Waals surface area contributed by atoms with Gasteiger partial charge in [0.1, 0.15) is 5.82 Å². The molecule has 0 aliphatic carbocycles. The van der Waals surface area contributed by atoms with Gasteiger partial charge in [0.05, 0.1) is 47.7 Å². The minimum Gasteiger partial charge on any atom is -0.494 e. The van der Waals surface area contributed by atoms with Gasteiger partial charge in [-0.15, -0.1) is 0 Å². The number of ether oxygens (including phenoxy) is 1. The smallest absolute Gasteiger partial charge is 0.167 e. The number of aromatic amines is 1. The monoisotopic (exact) mass is 415 g/mol. The second kappa shape index (κ2) is 7.96. The number of imidazole rings is 1. The summed E-state index contributed by atoms with van der Waals surface area (Å²) >= 11 is 0.448. The molecular weight excluding hydrogens is 393 g/mol. The number of aliphatic hydroxyl groups excluding tert-OH is 1. The number of hydrogen-bond acceptors (Lipinski definition) is 5. The van der Waals surface area contributed by atoms with Crippen molar-refractivity contribution in [2.24, 2.45) is 0 Å². The summed E-state index contributed by atoms with van der Waals surface area (Å²) in [4.78, 5) is 10.0. The summed E-state index contributed by atoms with van der Waals surface area (Å²) in [5, 5.41) is 11.6. The van der Waals surface area contributed by atoms with Gasteiger partial charge in [-0.3, -0.25) is 0 Å². The van der Waals surface area contributed by atoms with Crippen LogP contribution in [0.5, 0.6) is 5.75 Å². The highest BCUT2D eigenvalue weighted by atomic mass is 32.1. The molecule has 152 valence electrons. The fourth-order valence-corrected chi connectivity index (χ4v) is 4.55. The number of aromatic nitrogens is 2. The van der Waals surface area contributed by atoms with Crippen LogP contribution in [0.25, 0.3) is 22.4 Å². The predicted octanol–water partition coefficient (Wildman–Crippen LogP) is 3.07. The number of fused-ring (bicyclic) bond motifs is 2. The maximum Gasteiger partial charge on any atom is 0.167 e. The molecule has 4 rings (SSSR count). The molecule has 3 aromatic rings. The average Bonchev–Trinajstić information content (AvgIpc) is 3.14. The Morgan fingerprint density at radius 2 is 2.28 bits per heavy atom. The number of H-pyrrole nitrogens is 1. The van der Waals surface area contributed by atoms with E-state index >= 15 is 0 Å². The van der Waals surface area contributed by atoms with Gasteiger partial charge in [0.25, 0.3) is 0 Å². The summed E-state index contributed by atoms with van der Waals surface area (Å²) < 4.78 is 30.4. The quantitative estimate of drug-likeness (QED) is 0.626. The maximum atomic E-state index is 14.1. The molecule has 0 amide bonds. The highest BCUT2D eigenvalue weighted by Gasteiger charge is 2.33. The van der Waals surface area contributed by atoms with Crippen LogP contribution >= 0.6 is 0 Å². The topological polar surface area (TPSA) is 78.5 Å². The lowest BCUT2D eigenvalue weighted by Crippen LogP contribution is -2.42. The second-order valence-electron chi connectivity index (χ2n) is 7.03. The zero-order valence-corrected chi connectivity index (χ0v) is 17.0. The molecule has 8 heteroatoms. The van der Waals surface area contributed by atoms with Gasteiger partial charge in [0, 0.05) is 35.5 Å². The first-order valence-corrected chi connectivity index (χ1v) is 10.3. The van der Waals surface area contributed by atoms with Gasteiger partial charge < -0.3 is 19.7 Å². The summed E-state index contributed by atoms with van der Waals surface area (Å²) in [6.45, 7) is 2.74. The number of halogens is 1. The molecule has 0 fully saturated rings. The molecule has 0 spiro atoms. The molecule has 0 saturated heterocycles. The lowest BCUT2D eigenvalue weighted by Gasteiger charge is -2.40. The van der Waals surface area contributed by atoms with E-state index < -0.39 is 5.82 Å². The van der Waals surface area contributed by atoms with Crippen LogP contribution in [0, 0.1) is 5.82 Å². The molecular formula is C21H22FN3O3S. The average molecular weight is 415 g/mol. The highest BCUT2D eigenvalue weighted by Crippen LogP contribution is 2.43. The van der Waals surface area contributed by atoms with E-state index in [1.165, 1.54) is 13.2 Å². The number of methoxy groups -OCH3 is 1. The number of para-hydroxylation sites is 1. The minimum absolute atomic E-state index is 0.00438. The molecule has 1 aliphatic heterocycles. The maximum absolute atomic E-state index is 14.1. The molecule has 2 aromatic carbocycles. The summed E-state index contributed by atoms with van der Waals surface area (Å²) in [7, 11) is 1.42. The Hall–Kier alpha value is -2.71. The second-order valence-corrected chi connectivity index (χ2v) is 7.50. The summed E-state index contributed by atoms with van der Waals surface area (Å²) in [5.41, 5.74) is 4.00. The standard InChI is InChI=1S/C21H22FN3O3S/c1-3-25-13(11-29-27)7-12(10-26)14-5-4-6-15(20(14)25)21-23-17-8-16(22)19(28-2)9-18(17)24-21/h4-6,8-9,11-13,26H,3,7,10H2,1-2H3,(H,23,24). The van der Waals surface area contributed by atoms with E-state index in [9.17, 15) is 13.7 Å². The fraction of sp³-hybridized carbons (Fsp3) is 0.333. The number of nitrogens with zero attached hydrogens (tertiary/aromatic N) is 2. The first-order chi connectivity index (χ1) is 14.1. The van der Waals surface area contributed by atoms with Crippen LogP contribution in [0.4, 0.5) is 10.1 Å². The van der Waals surface area contributed by atoms with Crippen molar-refractivity contribution in [2.75, 3.05) is 25.2 Å². The third kappa shape index (κ3) is 3.32. The Kier molecular flexibility index (Phi) is 5.38. The van der Waals surface area contributed by atoms with Crippen LogP contribution < -0.4 is 9.64 Å². The van der Waals surface area contributed by atoms with E-state index in [0.717, 1.165) is 16.8 Å². The third-order valence-electron chi connectivity index (χ3n) is 5.50. The summed E-state index contributed by atoms with van der Waals surface area (Å²) in [6.07, 6.45) is 0.679. The van der Waals surface area contributed by atoms with E-state index in [2.05, 4.69) is 14.9 Å². The number of aliphatic hydroxyl groups is 1. The Labute approximate surface area is 171 Å². The van der Waals surface area contributed by atoms with Gasteiger partial charge in [-0.05, 0) is 25.0 Å². The number of hydrogen-bond donors (Lipinski definition) is 2. The number of rotatable bonds is 5. The van der Waals surface area contributed by atoms with E-state index in [4.69, 9.17) is 4.74 Å². The van der Waals surface area contributed by atoms with Gasteiger partial charge in [-0.1, -0.05) is 12.1 Å². The van der Waals surface area contributed by atoms with Crippen molar-refractivity contribution in [3.8, 4) is 17.1 Å². The zero-order chi connectivity index (χ0) is 20.5. The van der Waals surface area contributed by atoms with E-state index in [1.807, 2.05) is 25.1 Å². The van der Waals surface area contributed by atoms with Crippen molar-refractivity contribution < 1.29 is 18.4 Å². The van der Waals surface area contributed by atoms with E-state index in [-0.39, 0.29) is 24.3 Å². The Balaban J connectivity index is 1.92. The molecule has 2 unspecified atom stereocenters. The van der Waals surface area contributed by atoms with E-state index in [1.54, 1.807) is 11.4 Å². The molecule has 6 nitrogen and oxygen atoms in total. The molecule has 1 aliphatic rings. The van der Waals surface area contributed by atoms with Crippen LogP contribution in [-0.2, 0) is 11.3 Å². The SMILES string of the molecule is CCN1c2c(-c3nc4cc(OC)c(F)cc4[nH]3)cccc2C(CO)CC1C=S=O. The lowest BCUT2D eigenvalue weighted by atomic mass is 9.84. The highest BCUT2D eigenvalue weighted by molar-refractivity contribution is 7.65.